The number of fused-ring (bicyclic) bond motifs is 1. The van der Waals surface area contributed by atoms with Gasteiger partial charge >= 0.3 is 0 Å². The van der Waals surface area contributed by atoms with Crippen LogP contribution in [0.25, 0.3) is 0 Å². The van der Waals surface area contributed by atoms with Gasteiger partial charge in [0.2, 0.25) is 0 Å². The number of pyridine rings is 1. The Morgan fingerprint density at radius 2 is 2.10 bits per heavy atom. The first-order valence-corrected chi connectivity index (χ1v) is 11.0. The zero-order chi connectivity index (χ0) is 20.3. The lowest BCUT2D eigenvalue weighted by Crippen LogP contribution is -2.36. The van der Waals surface area contributed by atoms with E-state index >= 15 is 0 Å². The highest BCUT2D eigenvalue weighted by Gasteiger charge is 2.30. The van der Waals surface area contributed by atoms with Crippen molar-refractivity contribution in [2.75, 3.05) is 6.54 Å². The Kier molecular flexibility index (Phi) is 5.34. The lowest BCUT2D eigenvalue weighted by molar-refractivity contribution is 0.0726. The molecular weight excluding hydrogens is 378 g/mol. The van der Waals surface area contributed by atoms with Crippen LogP contribution < -0.4 is 0 Å². The van der Waals surface area contributed by atoms with E-state index in [0.717, 1.165) is 54.3 Å². The van der Waals surface area contributed by atoms with Crippen LogP contribution >= 0.6 is 0 Å². The fourth-order valence-electron chi connectivity index (χ4n) is 4.67. The topological polar surface area (TPSA) is 87.9 Å². The van der Waals surface area contributed by atoms with E-state index in [0.29, 0.717) is 25.4 Å². The number of amides is 1. The summed E-state index contributed by atoms with van der Waals surface area (Å²) in [7, 11) is 0. The number of nitrogens with one attached hydrogen (secondary N) is 1. The largest absolute Gasteiger partial charge is 0.445 e. The lowest BCUT2D eigenvalue weighted by atomic mass is 9.85. The molecule has 1 fully saturated rings. The van der Waals surface area contributed by atoms with Crippen molar-refractivity contribution >= 4 is 5.91 Å². The average molecular weight is 406 g/mol. The number of carbonyl (C=O) groups excluding carboxylic acids is 1. The number of aromatic amines is 1. The van der Waals surface area contributed by atoms with Gasteiger partial charge in [0, 0.05) is 37.7 Å². The molecule has 3 aromatic heterocycles. The number of nitrogens with zero attached hydrogens (tertiary/aromatic N) is 4. The molecule has 3 aromatic rings. The molecule has 0 saturated heterocycles. The van der Waals surface area contributed by atoms with Gasteiger partial charge in [-0.1, -0.05) is 25.3 Å². The van der Waals surface area contributed by atoms with Crippen LogP contribution in [0.1, 0.15) is 77.0 Å². The fraction of sp³-hybridized carbons (Fsp3) is 0.478. The Labute approximate surface area is 175 Å². The third-order valence-electron chi connectivity index (χ3n) is 6.32. The lowest BCUT2D eigenvalue weighted by Gasteiger charge is -2.27. The van der Waals surface area contributed by atoms with Gasteiger partial charge < -0.3 is 9.32 Å². The maximum atomic E-state index is 13.3. The number of H-pyrrole nitrogens is 1. The van der Waals surface area contributed by atoms with E-state index in [-0.39, 0.29) is 5.91 Å². The standard InChI is InChI=1S/C23H27N5O2/c29-23(18-14-25-27-22(18)17-6-2-1-3-7-17)28-12-10-20-19(15-28)26-21(30-20)9-8-16-5-4-11-24-13-16/h4-5,11,13-14,17H,1-3,6-10,12,15H2,(H,25,27). The molecule has 30 heavy (non-hydrogen) atoms. The van der Waals surface area contributed by atoms with E-state index < -0.39 is 0 Å². The highest BCUT2D eigenvalue weighted by molar-refractivity contribution is 5.95. The van der Waals surface area contributed by atoms with Crippen LogP contribution in [0.4, 0.5) is 0 Å². The number of rotatable bonds is 5. The first-order valence-electron chi connectivity index (χ1n) is 11.0. The van der Waals surface area contributed by atoms with Gasteiger partial charge in [-0.25, -0.2) is 4.98 Å². The minimum atomic E-state index is 0.0508. The van der Waals surface area contributed by atoms with E-state index in [1.165, 1.54) is 24.8 Å². The van der Waals surface area contributed by atoms with Crippen LogP contribution in [-0.4, -0.2) is 37.5 Å². The summed E-state index contributed by atoms with van der Waals surface area (Å²) in [5, 5.41) is 7.32. The zero-order valence-electron chi connectivity index (χ0n) is 17.1. The molecule has 2 aliphatic rings. The second-order valence-corrected chi connectivity index (χ2v) is 8.35. The molecule has 1 amide bonds. The quantitative estimate of drug-likeness (QED) is 0.697. The van der Waals surface area contributed by atoms with Gasteiger partial charge in [-0.05, 0) is 30.9 Å². The summed E-state index contributed by atoms with van der Waals surface area (Å²) in [4.78, 5) is 24.0. The highest BCUT2D eigenvalue weighted by atomic mass is 16.4. The van der Waals surface area contributed by atoms with Crippen molar-refractivity contribution in [1.82, 2.24) is 25.1 Å². The summed E-state index contributed by atoms with van der Waals surface area (Å²) in [5.74, 6) is 2.13. The van der Waals surface area contributed by atoms with Crippen LogP contribution in [0.15, 0.2) is 35.1 Å². The molecular formula is C23H27N5O2. The number of aryl methyl sites for hydroxylation is 2. The predicted octanol–water partition coefficient (Wildman–Crippen LogP) is 3.82. The van der Waals surface area contributed by atoms with Gasteiger partial charge in [-0.15, -0.1) is 0 Å². The van der Waals surface area contributed by atoms with Gasteiger partial charge in [-0.2, -0.15) is 5.10 Å². The van der Waals surface area contributed by atoms with Crippen molar-refractivity contribution in [3.05, 3.63) is 64.9 Å². The number of hydrogen-bond acceptors (Lipinski definition) is 5. The van der Waals surface area contributed by atoms with Crippen molar-refractivity contribution in [1.29, 1.82) is 0 Å². The van der Waals surface area contributed by atoms with Gasteiger partial charge in [0.1, 0.15) is 11.5 Å². The molecule has 0 spiro atoms. The van der Waals surface area contributed by atoms with Crippen molar-refractivity contribution in [3.63, 3.8) is 0 Å². The smallest absolute Gasteiger partial charge is 0.257 e. The summed E-state index contributed by atoms with van der Waals surface area (Å²) in [6, 6.07) is 4.00. The summed E-state index contributed by atoms with van der Waals surface area (Å²) < 4.78 is 5.98. The monoisotopic (exact) mass is 405 g/mol. The Hall–Kier alpha value is -2.96. The van der Waals surface area contributed by atoms with Crippen LogP contribution in [0.5, 0.6) is 0 Å². The minimum absolute atomic E-state index is 0.0508. The molecule has 0 radical (unpaired) electrons. The third kappa shape index (κ3) is 3.88. The molecule has 0 bridgehead atoms. The normalized spacial score (nSPS) is 17.1. The molecule has 1 aliphatic carbocycles. The van der Waals surface area contributed by atoms with Crippen LogP contribution in [0.2, 0.25) is 0 Å². The van der Waals surface area contributed by atoms with Gasteiger partial charge in [0.05, 0.1) is 24.0 Å². The Morgan fingerprint density at radius 3 is 2.93 bits per heavy atom. The van der Waals surface area contributed by atoms with Gasteiger partial charge in [0.25, 0.3) is 5.91 Å². The van der Waals surface area contributed by atoms with Crippen molar-refractivity contribution in [2.45, 2.75) is 63.8 Å². The summed E-state index contributed by atoms with van der Waals surface area (Å²) in [6.07, 6.45) is 13.6. The molecule has 1 N–H and O–H groups in total. The Balaban J connectivity index is 1.26. The van der Waals surface area contributed by atoms with E-state index in [1.54, 1.807) is 12.4 Å². The number of oxazole rings is 1. The summed E-state index contributed by atoms with van der Waals surface area (Å²) in [5.41, 5.74) is 3.80. The molecule has 1 aliphatic heterocycles. The maximum Gasteiger partial charge on any atom is 0.257 e. The van der Waals surface area contributed by atoms with Crippen LogP contribution in [0, 0.1) is 0 Å². The molecule has 0 atom stereocenters. The molecule has 156 valence electrons. The van der Waals surface area contributed by atoms with E-state index in [4.69, 9.17) is 4.42 Å². The number of carbonyl (C=O) groups is 1. The minimum Gasteiger partial charge on any atom is -0.445 e. The fourth-order valence-corrected chi connectivity index (χ4v) is 4.67. The van der Waals surface area contributed by atoms with Crippen molar-refractivity contribution < 1.29 is 9.21 Å². The van der Waals surface area contributed by atoms with Crippen molar-refractivity contribution in [3.8, 4) is 0 Å². The van der Waals surface area contributed by atoms with E-state index in [1.807, 2.05) is 17.2 Å². The molecule has 0 aromatic carbocycles. The van der Waals surface area contributed by atoms with Crippen LogP contribution in [0.3, 0.4) is 0 Å². The van der Waals surface area contributed by atoms with E-state index in [2.05, 4.69) is 26.2 Å². The second kappa shape index (κ2) is 8.42. The predicted molar refractivity (Wildman–Crippen MR) is 111 cm³/mol. The SMILES string of the molecule is O=C(c1cn[nH]c1C1CCCCC1)N1CCc2oc(CCc3cccnc3)nc2C1. The van der Waals surface area contributed by atoms with Crippen molar-refractivity contribution in [2.24, 2.45) is 0 Å². The first-order chi connectivity index (χ1) is 14.8. The molecule has 7 nitrogen and oxygen atoms in total. The third-order valence-corrected chi connectivity index (χ3v) is 6.32. The maximum absolute atomic E-state index is 13.3. The molecule has 4 heterocycles. The zero-order valence-corrected chi connectivity index (χ0v) is 17.1. The Bertz CT molecular complexity index is 1000. The van der Waals surface area contributed by atoms with Gasteiger partial charge in [-0.3, -0.25) is 14.9 Å². The van der Waals surface area contributed by atoms with Crippen LogP contribution in [-0.2, 0) is 25.8 Å². The molecule has 0 unspecified atom stereocenters. The van der Waals surface area contributed by atoms with E-state index in [9.17, 15) is 4.79 Å². The Morgan fingerprint density at radius 1 is 1.20 bits per heavy atom. The molecule has 7 heteroatoms. The number of aromatic nitrogens is 4. The summed E-state index contributed by atoms with van der Waals surface area (Å²) in [6.45, 7) is 1.15. The molecule has 1 saturated carbocycles. The number of hydrogen-bond donors (Lipinski definition) is 1. The first kappa shape index (κ1) is 19.0. The molecule has 5 rings (SSSR count). The summed E-state index contributed by atoms with van der Waals surface area (Å²) >= 11 is 0. The highest BCUT2D eigenvalue weighted by Crippen LogP contribution is 2.34. The average Bonchev–Trinajstić information content (AvgIpc) is 3.45. The second-order valence-electron chi connectivity index (χ2n) is 8.35. The van der Waals surface area contributed by atoms with Gasteiger partial charge in [0.15, 0.2) is 5.89 Å².